The average Bonchev–Trinajstić information content (AvgIpc) is 2.69. The van der Waals surface area contributed by atoms with Crippen LogP contribution in [0.25, 0.3) is 0 Å². The van der Waals surface area contributed by atoms with Crippen LogP contribution in [0.15, 0.2) is 35.9 Å². The van der Waals surface area contributed by atoms with E-state index in [1.807, 2.05) is 31.3 Å². The molecule has 1 aromatic carbocycles. The quantitative estimate of drug-likeness (QED) is 0.571. The Morgan fingerprint density at radius 3 is 2.66 bits per heavy atom. The number of benzene rings is 1. The van der Waals surface area contributed by atoms with E-state index in [1.54, 1.807) is 0 Å². The van der Waals surface area contributed by atoms with Crippen molar-refractivity contribution in [3.8, 4) is 5.75 Å². The number of ether oxygens (including phenoxy) is 2. The van der Waals surface area contributed by atoms with Gasteiger partial charge in [0.2, 0.25) is 5.91 Å². The van der Waals surface area contributed by atoms with Crippen LogP contribution in [0, 0.1) is 0 Å². The zero-order chi connectivity index (χ0) is 21.1. The standard InChI is InChI=1S/C24H38N2O3/c1-19-8-6-5-7-9-22(16-19)29-18-23(27)26-17-20-10-12-21(13-11-20)28-15-14-24(2,3)25-4/h10-13,16,22,25H,5-9,14-15,17-18H2,1-4H3,(H,26,27)/b19-16-. The molecule has 0 bridgehead atoms. The third-order valence-corrected chi connectivity index (χ3v) is 5.54. The van der Waals surface area contributed by atoms with E-state index in [0.29, 0.717) is 13.2 Å². The third kappa shape index (κ3) is 9.46. The maximum Gasteiger partial charge on any atom is 0.246 e. The third-order valence-electron chi connectivity index (χ3n) is 5.54. The SMILES string of the molecule is CNC(C)(C)CCOc1ccc(CNC(=O)COC2/C=C(/C)CCCCC2)cc1. The zero-order valence-electron chi connectivity index (χ0n) is 18.6. The average molecular weight is 403 g/mol. The van der Waals surface area contributed by atoms with Crippen LogP contribution in [-0.4, -0.2) is 37.8 Å². The number of allylic oxidation sites excluding steroid dienone is 1. The van der Waals surface area contributed by atoms with Gasteiger partial charge in [-0.2, -0.15) is 0 Å². The molecule has 0 fully saturated rings. The first-order chi connectivity index (χ1) is 13.9. The molecular formula is C24H38N2O3. The van der Waals surface area contributed by atoms with E-state index in [2.05, 4.69) is 37.5 Å². The number of rotatable bonds is 10. The van der Waals surface area contributed by atoms with Crippen LogP contribution < -0.4 is 15.4 Å². The molecule has 29 heavy (non-hydrogen) atoms. The zero-order valence-corrected chi connectivity index (χ0v) is 18.6. The molecule has 1 amide bonds. The normalized spacial score (nSPS) is 19.6. The van der Waals surface area contributed by atoms with E-state index >= 15 is 0 Å². The molecule has 0 aliphatic heterocycles. The second-order valence-corrected chi connectivity index (χ2v) is 8.61. The van der Waals surface area contributed by atoms with Crippen LogP contribution >= 0.6 is 0 Å². The topological polar surface area (TPSA) is 59.6 Å². The lowest BCUT2D eigenvalue weighted by atomic mass is 9.99. The second kappa shape index (κ2) is 12.0. The summed E-state index contributed by atoms with van der Waals surface area (Å²) in [6.45, 7) is 7.72. The summed E-state index contributed by atoms with van der Waals surface area (Å²) in [6.07, 6.45) is 8.97. The van der Waals surface area contributed by atoms with Gasteiger partial charge < -0.3 is 20.1 Å². The summed E-state index contributed by atoms with van der Waals surface area (Å²) < 4.78 is 11.6. The fourth-order valence-corrected chi connectivity index (χ4v) is 3.23. The summed E-state index contributed by atoms with van der Waals surface area (Å²) in [5.74, 6) is 0.773. The lowest BCUT2D eigenvalue weighted by Crippen LogP contribution is -2.37. The van der Waals surface area contributed by atoms with E-state index in [1.165, 1.54) is 18.4 Å². The van der Waals surface area contributed by atoms with Gasteiger partial charge in [-0.1, -0.05) is 36.6 Å². The molecule has 1 aromatic rings. The van der Waals surface area contributed by atoms with Crippen LogP contribution in [0.4, 0.5) is 0 Å². The highest BCUT2D eigenvalue weighted by molar-refractivity contribution is 5.77. The number of carbonyl (C=O) groups excluding carboxylic acids is 1. The lowest BCUT2D eigenvalue weighted by molar-refractivity contribution is -0.127. The molecule has 0 aromatic heterocycles. The number of carbonyl (C=O) groups is 1. The summed E-state index contributed by atoms with van der Waals surface area (Å²) >= 11 is 0. The summed E-state index contributed by atoms with van der Waals surface area (Å²) in [6, 6.07) is 7.88. The van der Waals surface area contributed by atoms with E-state index in [4.69, 9.17) is 9.47 Å². The molecule has 5 nitrogen and oxygen atoms in total. The van der Waals surface area contributed by atoms with Crippen molar-refractivity contribution in [3.05, 3.63) is 41.5 Å². The molecule has 0 radical (unpaired) electrons. The minimum Gasteiger partial charge on any atom is -0.494 e. The molecule has 0 saturated carbocycles. The molecule has 1 atom stereocenters. The Kier molecular flexibility index (Phi) is 9.68. The van der Waals surface area contributed by atoms with Crippen molar-refractivity contribution in [3.63, 3.8) is 0 Å². The van der Waals surface area contributed by atoms with Gasteiger partial charge in [0.15, 0.2) is 0 Å². The Morgan fingerprint density at radius 2 is 1.93 bits per heavy atom. The summed E-state index contributed by atoms with van der Waals surface area (Å²) in [5, 5.41) is 6.20. The Bertz CT molecular complexity index is 653. The van der Waals surface area contributed by atoms with Gasteiger partial charge in [-0.15, -0.1) is 0 Å². The van der Waals surface area contributed by atoms with Crippen molar-refractivity contribution < 1.29 is 14.3 Å². The number of hydrogen-bond acceptors (Lipinski definition) is 4. The first-order valence-corrected chi connectivity index (χ1v) is 10.8. The lowest BCUT2D eigenvalue weighted by Gasteiger charge is -2.23. The number of amides is 1. The van der Waals surface area contributed by atoms with Crippen molar-refractivity contribution in [1.82, 2.24) is 10.6 Å². The van der Waals surface area contributed by atoms with Crippen LogP contribution in [0.3, 0.4) is 0 Å². The summed E-state index contributed by atoms with van der Waals surface area (Å²) in [5.41, 5.74) is 2.48. The van der Waals surface area contributed by atoms with Crippen LogP contribution in [0.2, 0.25) is 0 Å². The van der Waals surface area contributed by atoms with Crippen molar-refractivity contribution in [2.75, 3.05) is 20.3 Å². The van der Waals surface area contributed by atoms with Gasteiger partial charge in [0, 0.05) is 12.1 Å². The summed E-state index contributed by atoms with van der Waals surface area (Å²) in [4.78, 5) is 12.1. The van der Waals surface area contributed by atoms with Gasteiger partial charge in [-0.25, -0.2) is 0 Å². The fraction of sp³-hybridized carbons (Fsp3) is 0.625. The maximum atomic E-state index is 12.1. The van der Waals surface area contributed by atoms with E-state index < -0.39 is 0 Å². The van der Waals surface area contributed by atoms with Crippen molar-refractivity contribution in [2.45, 2.75) is 77.5 Å². The molecular weight excluding hydrogens is 364 g/mol. The highest BCUT2D eigenvalue weighted by Gasteiger charge is 2.14. The van der Waals surface area contributed by atoms with Crippen LogP contribution in [0.1, 0.15) is 64.9 Å². The van der Waals surface area contributed by atoms with Gasteiger partial charge in [-0.05, 0) is 71.2 Å². The first-order valence-electron chi connectivity index (χ1n) is 10.8. The highest BCUT2D eigenvalue weighted by atomic mass is 16.5. The Morgan fingerprint density at radius 1 is 1.17 bits per heavy atom. The number of hydrogen-bond donors (Lipinski definition) is 2. The van der Waals surface area contributed by atoms with E-state index in [-0.39, 0.29) is 24.2 Å². The van der Waals surface area contributed by atoms with Crippen LogP contribution in [0.5, 0.6) is 5.75 Å². The van der Waals surface area contributed by atoms with Crippen molar-refractivity contribution >= 4 is 5.91 Å². The molecule has 1 aliphatic carbocycles. The molecule has 0 saturated heterocycles. The Hall–Kier alpha value is -1.85. The van der Waals surface area contributed by atoms with Gasteiger partial charge in [0.25, 0.3) is 0 Å². The smallest absolute Gasteiger partial charge is 0.246 e. The largest absolute Gasteiger partial charge is 0.494 e. The minimum atomic E-state index is -0.0762. The number of nitrogens with one attached hydrogen (secondary N) is 2. The van der Waals surface area contributed by atoms with Gasteiger partial charge in [0.05, 0.1) is 12.7 Å². The Balaban J connectivity index is 1.69. The fourth-order valence-electron chi connectivity index (χ4n) is 3.23. The molecule has 0 spiro atoms. The van der Waals surface area contributed by atoms with Crippen molar-refractivity contribution in [1.29, 1.82) is 0 Å². The summed E-state index contributed by atoms with van der Waals surface area (Å²) in [7, 11) is 1.96. The van der Waals surface area contributed by atoms with Gasteiger partial charge in [0.1, 0.15) is 12.4 Å². The van der Waals surface area contributed by atoms with E-state index in [0.717, 1.165) is 37.0 Å². The predicted octanol–water partition coefficient (Wildman–Crippen LogP) is 4.37. The predicted molar refractivity (Wildman–Crippen MR) is 118 cm³/mol. The van der Waals surface area contributed by atoms with E-state index in [9.17, 15) is 4.79 Å². The first kappa shape index (κ1) is 23.4. The monoisotopic (exact) mass is 402 g/mol. The molecule has 0 heterocycles. The van der Waals surface area contributed by atoms with Crippen LogP contribution in [-0.2, 0) is 16.1 Å². The molecule has 2 rings (SSSR count). The Labute approximate surface area is 176 Å². The molecule has 1 unspecified atom stereocenters. The maximum absolute atomic E-state index is 12.1. The van der Waals surface area contributed by atoms with Crippen molar-refractivity contribution in [2.24, 2.45) is 0 Å². The second-order valence-electron chi connectivity index (χ2n) is 8.61. The molecule has 2 N–H and O–H groups in total. The molecule has 162 valence electrons. The highest BCUT2D eigenvalue weighted by Crippen LogP contribution is 2.19. The molecule has 1 aliphatic rings. The van der Waals surface area contributed by atoms with Gasteiger partial charge in [-0.3, -0.25) is 4.79 Å². The minimum absolute atomic E-state index is 0.0605. The molecule has 5 heteroatoms. The van der Waals surface area contributed by atoms with Gasteiger partial charge >= 0.3 is 0 Å².